The highest BCUT2D eigenvalue weighted by Crippen LogP contribution is 2.16. The molecule has 0 saturated carbocycles. The maximum atomic E-state index is 13.1. The normalized spacial score (nSPS) is 11.4. The van der Waals surface area contributed by atoms with E-state index in [0.717, 1.165) is 0 Å². The number of hydrogen-bond acceptors (Lipinski definition) is 4. The highest BCUT2D eigenvalue weighted by molar-refractivity contribution is 5.65. The molecule has 0 atom stereocenters. The summed E-state index contributed by atoms with van der Waals surface area (Å²) in [5.41, 5.74) is 14.1. The molecule has 0 aliphatic heterocycles. The van der Waals surface area contributed by atoms with Crippen LogP contribution in [0.3, 0.4) is 0 Å². The van der Waals surface area contributed by atoms with E-state index >= 15 is 0 Å². The Bertz CT molecular complexity index is 335. The fourth-order valence-corrected chi connectivity index (χ4v) is 0.932. The van der Waals surface area contributed by atoms with Crippen molar-refractivity contribution in [3.05, 3.63) is 35.8 Å². The first-order valence-electron chi connectivity index (χ1n) is 3.62. The molecule has 13 heavy (non-hydrogen) atoms. The number of nitrogens with one attached hydrogen (secondary N) is 1. The van der Waals surface area contributed by atoms with E-state index in [2.05, 4.69) is 5.43 Å². The summed E-state index contributed by atoms with van der Waals surface area (Å²) in [5.74, 6) is 4.56. The van der Waals surface area contributed by atoms with Gasteiger partial charge in [-0.1, -0.05) is 0 Å². The Labute approximate surface area is 75.2 Å². The minimum absolute atomic E-state index is 0.201. The second kappa shape index (κ2) is 3.77. The van der Waals surface area contributed by atoms with Gasteiger partial charge in [0, 0.05) is 17.5 Å². The first-order valence-corrected chi connectivity index (χ1v) is 3.62. The number of hydrazine groups is 1. The third-order valence-corrected chi connectivity index (χ3v) is 1.54. The molecule has 70 valence electrons. The SMILES string of the molecule is NN/C=C(\N)c1cc(N)ccc1F. The molecule has 0 saturated heterocycles. The average Bonchev–Trinajstić information content (AvgIpc) is 2.09. The van der Waals surface area contributed by atoms with Crippen molar-refractivity contribution >= 4 is 11.4 Å². The average molecular weight is 182 g/mol. The summed E-state index contributed by atoms with van der Waals surface area (Å²) in [6.45, 7) is 0. The summed E-state index contributed by atoms with van der Waals surface area (Å²) in [4.78, 5) is 0. The van der Waals surface area contributed by atoms with Crippen molar-refractivity contribution in [3.8, 4) is 0 Å². The summed E-state index contributed by atoms with van der Waals surface area (Å²) in [5, 5.41) is 0. The zero-order chi connectivity index (χ0) is 9.84. The van der Waals surface area contributed by atoms with Gasteiger partial charge >= 0.3 is 0 Å². The van der Waals surface area contributed by atoms with Gasteiger partial charge in [0.1, 0.15) is 5.82 Å². The Hall–Kier alpha value is -1.75. The van der Waals surface area contributed by atoms with Crippen LogP contribution in [0.1, 0.15) is 5.56 Å². The van der Waals surface area contributed by atoms with Crippen LogP contribution in [0.15, 0.2) is 24.4 Å². The van der Waals surface area contributed by atoms with Crippen molar-refractivity contribution in [2.45, 2.75) is 0 Å². The Morgan fingerprint density at radius 1 is 1.46 bits per heavy atom. The van der Waals surface area contributed by atoms with E-state index in [1.165, 1.54) is 24.4 Å². The third-order valence-electron chi connectivity index (χ3n) is 1.54. The molecule has 4 nitrogen and oxygen atoms in total. The van der Waals surface area contributed by atoms with Gasteiger partial charge in [0.15, 0.2) is 0 Å². The van der Waals surface area contributed by atoms with Crippen LogP contribution in [0, 0.1) is 5.82 Å². The fourth-order valence-electron chi connectivity index (χ4n) is 0.932. The third kappa shape index (κ3) is 2.09. The quantitative estimate of drug-likeness (QED) is 0.297. The smallest absolute Gasteiger partial charge is 0.132 e. The second-order valence-electron chi connectivity index (χ2n) is 2.51. The van der Waals surface area contributed by atoms with Crippen LogP contribution in [0.2, 0.25) is 0 Å². The molecule has 0 heterocycles. The van der Waals surface area contributed by atoms with Crippen LogP contribution in [0.25, 0.3) is 5.70 Å². The van der Waals surface area contributed by atoms with Gasteiger partial charge in [-0.05, 0) is 18.2 Å². The van der Waals surface area contributed by atoms with E-state index in [0.29, 0.717) is 5.69 Å². The number of benzene rings is 1. The Balaban J connectivity index is 3.13. The summed E-state index contributed by atoms with van der Waals surface area (Å²) in [6.07, 6.45) is 1.29. The van der Waals surface area contributed by atoms with E-state index in [1.807, 2.05) is 0 Å². The molecule has 0 aliphatic rings. The van der Waals surface area contributed by atoms with Crippen molar-refractivity contribution in [2.24, 2.45) is 11.6 Å². The number of hydrogen-bond donors (Lipinski definition) is 4. The maximum Gasteiger partial charge on any atom is 0.132 e. The minimum atomic E-state index is -0.432. The van der Waals surface area contributed by atoms with Crippen molar-refractivity contribution in [1.29, 1.82) is 0 Å². The van der Waals surface area contributed by atoms with Gasteiger partial charge in [-0.15, -0.1) is 0 Å². The molecule has 0 unspecified atom stereocenters. The van der Waals surface area contributed by atoms with Crippen LogP contribution in [0.4, 0.5) is 10.1 Å². The van der Waals surface area contributed by atoms with E-state index in [9.17, 15) is 4.39 Å². The van der Waals surface area contributed by atoms with Crippen LogP contribution < -0.4 is 22.7 Å². The number of nitrogen functional groups attached to an aromatic ring is 1. The van der Waals surface area contributed by atoms with Gasteiger partial charge in [0.05, 0.1) is 5.70 Å². The van der Waals surface area contributed by atoms with Crippen molar-refractivity contribution < 1.29 is 4.39 Å². The molecular weight excluding hydrogens is 171 g/mol. The van der Waals surface area contributed by atoms with Crippen LogP contribution in [0.5, 0.6) is 0 Å². The highest BCUT2D eigenvalue weighted by atomic mass is 19.1. The molecule has 1 aromatic rings. The van der Waals surface area contributed by atoms with Gasteiger partial charge in [-0.3, -0.25) is 5.84 Å². The monoisotopic (exact) mass is 182 g/mol. The second-order valence-corrected chi connectivity index (χ2v) is 2.51. The molecule has 7 N–H and O–H groups in total. The lowest BCUT2D eigenvalue weighted by atomic mass is 10.1. The van der Waals surface area contributed by atoms with Crippen LogP contribution in [-0.4, -0.2) is 0 Å². The summed E-state index contributed by atoms with van der Waals surface area (Å²) < 4.78 is 13.1. The van der Waals surface area contributed by atoms with Crippen molar-refractivity contribution in [1.82, 2.24) is 5.43 Å². The molecule has 0 amide bonds. The van der Waals surface area contributed by atoms with Gasteiger partial charge in [0.2, 0.25) is 0 Å². The summed E-state index contributed by atoms with van der Waals surface area (Å²) in [7, 11) is 0. The Morgan fingerprint density at radius 3 is 2.77 bits per heavy atom. The summed E-state index contributed by atoms with van der Waals surface area (Å²) >= 11 is 0. The molecule has 1 aromatic carbocycles. The van der Waals surface area contributed by atoms with Gasteiger partial charge in [0.25, 0.3) is 0 Å². The highest BCUT2D eigenvalue weighted by Gasteiger charge is 2.04. The number of anilines is 1. The lowest BCUT2D eigenvalue weighted by molar-refractivity contribution is 0.624. The number of rotatable bonds is 2. The molecule has 0 aromatic heterocycles. The van der Waals surface area contributed by atoms with E-state index in [1.54, 1.807) is 0 Å². The van der Waals surface area contributed by atoms with Crippen LogP contribution >= 0.6 is 0 Å². The zero-order valence-corrected chi connectivity index (χ0v) is 6.92. The lowest BCUT2D eigenvalue weighted by Gasteiger charge is -2.04. The topological polar surface area (TPSA) is 90.1 Å². The van der Waals surface area contributed by atoms with Crippen molar-refractivity contribution in [3.63, 3.8) is 0 Å². The molecule has 0 bridgehead atoms. The maximum absolute atomic E-state index is 13.1. The van der Waals surface area contributed by atoms with E-state index < -0.39 is 5.82 Å². The zero-order valence-electron chi connectivity index (χ0n) is 6.92. The molecule has 0 fully saturated rings. The van der Waals surface area contributed by atoms with Gasteiger partial charge in [-0.25, -0.2) is 4.39 Å². The minimum Gasteiger partial charge on any atom is -0.399 e. The molecule has 0 aliphatic carbocycles. The molecule has 0 spiro atoms. The van der Waals surface area contributed by atoms with Crippen molar-refractivity contribution in [2.75, 3.05) is 5.73 Å². The summed E-state index contributed by atoms with van der Waals surface area (Å²) in [6, 6.07) is 4.16. The predicted molar refractivity (Wildman–Crippen MR) is 50.3 cm³/mol. The lowest BCUT2D eigenvalue weighted by Crippen LogP contribution is -2.16. The molecule has 5 heteroatoms. The molecule has 1 rings (SSSR count). The predicted octanol–water partition coefficient (Wildman–Crippen LogP) is 0.128. The van der Waals surface area contributed by atoms with Gasteiger partial charge in [-0.2, -0.15) is 0 Å². The number of halogens is 1. The largest absolute Gasteiger partial charge is 0.399 e. The molecular formula is C8H11FN4. The standard InChI is InChI=1S/C8H11FN4/c9-7-2-1-5(10)3-6(7)8(11)4-13-12/h1-4,13H,10-12H2/b8-4-. The number of nitrogens with two attached hydrogens (primary N) is 3. The fraction of sp³-hybridized carbons (Fsp3) is 0. The van der Waals surface area contributed by atoms with Gasteiger partial charge < -0.3 is 16.9 Å². The van der Waals surface area contributed by atoms with E-state index in [4.69, 9.17) is 17.3 Å². The molecule has 0 radical (unpaired) electrons. The Morgan fingerprint density at radius 2 is 2.15 bits per heavy atom. The first kappa shape index (κ1) is 9.34. The van der Waals surface area contributed by atoms with Crippen LogP contribution in [-0.2, 0) is 0 Å². The Kier molecular flexibility index (Phi) is 2.71. The first-order chi connectivity index (χ1) is 6.15. The van der Waals surface area contributed by atoms with E-state index in [-0.39, 0.29) is 11.3 Å².